The number of Topliss-reactive ketones (excluding diaryl/α,β-unsaturated/α-hetero) is 1. The van der Waals surface area contributed by atoms with E-state index in [1.54, 1.807) is 6.07 Å². The van der Waals surface area contributed by atoms with E-state index in [0.717, 1.165) is 30.6 Å². The van der Waals surface area contributed by atoms with Crippen molar-refractivity contribution in [3.8, 4) is 11.5 Å². The van der Waals surface area contributed by atoms with E-state index in [0.29, 0.717) is 25.4 Å². The first kappa shape index (κ1) is 12.0. The summed E-state index contributed by atoms with van der Waals surface area (Å²) in [4.78, 5) is 11.9. The molecular weight excluding hydrogens is 216 g/mol. The molecule has 0 aliphatic carbocycles. The number of benzene rings is 1. The lowest BCUT2D eigenvalue weighted by atomic mass is 10.0. The molecule has 0 aromatic heterocycles. The molecule has 3 heteroatoms. The SMILES string of the molecule is CCCCCC(=O)c1ccc2c(c1)OCCO2. The Bertz CT molecular complexity index is 398. The Morgan fingerprint density at radius 2 is 1.94 bits per heavy atom. The van der Waals surface area contributed by atoms with Crippen LogP contribution in [-0.2, 0) is 0 Å². The average Bonchev–Trinajstić information content (AvgIpc) is 2.38. The van der Waals surface area contributed by atoms with E-state index in [1.165, 1.54) is 0 Å². The molecule has 0 saturated heterocycles. The molecule has 1 aromatic carbocycles. The molecule has 0 fully saturated rings. The molecule has 17 heavy (non-hydrogen) atoms. The highest BCUT2D eigenvalue weighted by molar-refractivity contribution is 5.96. The number of unbranched alkanes of at least 4 members (excludes halogenated alkanes) is 2. The van der Waals surface area contributed by atoms with Crippen LogP contribution in [0.1, 0.15) is 43.0 Å². The predicted molar refractivity (Wildman–Crippen MR) is 65.9 cm³/mol. The molecule has 0 bridgehead atoms. The minimum atomic E-state index is 0.190. The first-order valence-corrected chi connectivity index (χ1v) is 6.24. The fourth-order valence-electron chi connectivity index (χ4n) is 1.90. The lowest BCUT2D eigenvalue weighted by Gasteiger charge is -2.18. The number of fused-ring (bicyclic) bond motifs is 1. The molecule has 0 unspecified atom stereocenters. The maximum absolute atomic E-state index is 11.9. The lowest BCUT2D eigenvalue weighted by Crippen LogP contribution is -2.15. The summed E-state index contributed by atoms with van der Waals surface area (Å²) in [7, 11) is 0. The minimum Gasteiger partial charge on any atom is -0.486 e. The van der Waals surface area contributed by atoms with E-state index < -0.39 is 0 Å². The smallest absolute Gasteiger partial charge is 0.163 e. The predicted octanol–water partition coefficient (Wildman–Crippen LogP) is 3.22. The van der Waals surface area contributed by atoms with Crippen molar-refractivity contribution in [1.29, 1.82) is 0 Å². The molecule has 3 nitrogen and oxygen atoms in total. The van der Waals surface area contributed by atoms with Crippen LogP contribution in [0.15, 0.2) is 18.2 Å². The van der Waals surface area contributed by atoms with Gasteiger partial charge in [0.05, 0.1) is 0 Å². The van der Waals surface area contributed by atoms with Crippen molar-refractivity contribution < 1.29 is 14.3 Å². The number of ketones is 1. The Labute approximate surface area is 102 Å². The van der Waals surface area contributed by atoms with Crippen LogP contribution in [-0.4, -0.2) is 19.0 Å². The van der Waals surface area contributed by atoms with E-state index in [4.69, 9.17) is 9.47 Å². The van der Waals surface area contributed by atoms with Gasteiger partial charge in [0.2, 0.25) is 0 Å². The van der Waals surface area contributed by atoms with Crippen molar-refractivity contribution in [3.63, 3.8) is 0 Å². The zero-order chi connectivity index (χ0) is 12.1. The largest absolute Gasteiger partial charge is 0.486 e. The summed E-state index contributed by atoms with van der Waals surface area (Å²) in [5, 5.41) is 0. The lowest BCUT2D eigenvalue weighted by molar-refractivity contribution is 0.0978. The molecule has 0 saturated carbocycles. The van der Waals surface area contributed by atoms with Crippen molar-refractivity contribution in [2.24, 2.45) is 0 Å². The van der Waals surface area contributed by atoms with Crippen molar-refractivity contribution in [2.75, 3.05) is 13.2 Å². The van der Waals surface area contributed by atoms with Gasteiger partial charge in [-0.05, 0) is 24.6 Å². The third kappa shape index (κ3) is 2.99. The number of carbonyl (C=O) groups is 1. The molecule has 0 radical (unpaired) electrons. The molecular formula is C14H18O3. The number of rotatable bonds is 5. The van der Waals surface area contributed by atoms with Gasteiger partial charge in [0.1, 0.15) is 13.2 Å². The van der Waals surface area contributed by atoms with Crippen LogP contribution < -0.4 is 9.47 Å². The zero-order valence-corrected chi connectivity index (χ0v) is 10.2. The van der Waals surface area contributed by atoms with Crippen LogP contribution in [0.25, 0.3) is 0 Å². The second kappa shape index (κ2) is 5.71. The fourth-order valence-corrected chi connectivity index (χ4v) is 1.90. The summed E-state index contributed by atoms with van der Waals surface area (Å²) >= 11 is 0. The van der Waals surface area contributed by atoms with Gasteiger partial charge in [0, 0.05) is 12.0 Å². The van der Waals surface area contributed by atoms with Gasteiger partial charge >= 0.3 is 0 Å². The first-order chi connectivity index (χ1) is 8.31. The fraction of sp³-hybridized carbons (Fsp3) is 0.500. The molecule has 0 N–H and O–H groups in total. The third-order valence-electron chi connectivity index (χ3n) is 2.87. The molecule has 1 heterocycles. The van der Waals surface area contributed by atoms with Gasteiger partial charge in [0.15, 0.2) is 17.3 Å². The third-order valence-corrected chi connectivity index (χ3v) is 2.87. The summed E-state index contributed by atoms with van der Waals surface area (Å²) in [5.41, 5.74) is 0.727. The first-order valence-electron chi connectivity index (χ1n) is 6.24. The summed E-state index contributed by atoms with van der Waals surface area (Å²) in [6, 6.07) is 5.44. The Morgan fingerprint density at radius 3 is 2.71 bits per heavy atom. The van der Waals surface area contributed by atoms with Gasteiger partial charge in [-0.25, -0.2) is 0 Å². The van der Waals surface area contributed by atoms with E-state index in [-0.39, 0.29) is 5.78 Å². The average molecular weight is 234 g/mol. The van der Waals surface area contributed by atoms with Gasteiger partial charge in [-0.3, -0.25) is 4.79 Å². The van der Waals surface area contributed by atoms with Crippen LogP contribution >= 0.6 is 0 Å². The quantitative estimate of drug-likeness (QED) is 0.579. The number of ether oxygens (including phenoxy) is 2. The Morgan fingerprint density at radius 1 is 1.18 bits per heavy atom. The molecule has 1 aliphatic heterocycles. The molecule has 1 aromatic rings. The van der Waals surface area contributed by atoms with Crippen LogP contribution in [0.5, 0.6) is 11.5 Å². The summed E-state index contributed by atoms with van der Waals surface area (Å²) in [6.07, 6.45) is 3.82. The Kier molecular flexibility index (Phi) is 4.02. The number of carbonyl (C=O) groups excluding carboxylic acids is 1. The standard InChI is InChI=1S/C14H18O3/c1-2-3-4-5-12(15)11-6-7-13-14(10-11)17-9-8-16-13/h6-7,10H,2-5,8-9H2,1H3. The highest BCUT2D eigenvalue weighted by Gasteiger charge is 2.14. The maximum atomic E-state index is 11.9. The number of hydrogen-bond acceptors (Lipinski definition) is 3. The number of hydrogen-bond donors (Lipinski definition) is 0. The Hall–Kier alpha value is -1.51. The second-order valence-corrected chi connectivity index (χ2v) is 4.24. The van der Waals surface area contributed by atoms with Gasteiger partial charge in [0.25, 0.3) is 0 Å². The van der Waals surface area contributed by atoms with Crippen molar-refractivity contribution >= 4 is 5.78 Å². The van der Waals surface area contributed by atoms with Crippen LogP contribution in [0.3, 0.4) is 0 Å². The van der Waals surface area contributed by atoms with Crippen LogP contribution in [0, 0.1) is 0 Å². The molecule has 1 aliphatic rings. The van der Waals surface area contributed by atoms with Gasteiger partial charge in [-0.15, -0.1) is 0 Å². The summed E-state index contributed by atoms with van der Waals surface area (Å²) in [6.45, 7) is 3.27. The molecule has 0 spiro atoms. The monoisotopic (exact) mass is 234 g/mol. The molecule has 0 atom stereocenters. The van der Waals surface area contributed by atoms with E-state index in [2.05, 4.69) is 6.92 Å². The summed E-state index contributed by atoms with van der Waals surface area (Å²) in [5.74, 6) is 1.62. The van der Waals surface area contributed by atoms with Crippen molar-refractivity contribution in [1.82, 2.24) is 0 Å². The van der Waals surface area contributed by atoms with Gasteiger partial charge < -0.3 is 9.47 Å². The van der Waals surface area contributed by atoms with Gasteiger partial charge in [-0.1, -0.05) is 19.8 Å². The van der Waals surface area contributed by atoms with Crippen molar-refractivity contribution in [2.45, 2.75) is 32.6 Å². The maximum Gasteiger partial charge on any atom is 0.163 e. The highest BCUT2D eigenvalue weighted by atomic mass is 16.6. The van der Waals surface area contributed by atoms with Crippen LogP contribution in [0.2, 0.25) is 0 Å². The topological polar surface area (TPSA) is 35.5 Å². The molecule has 2 rings (SSSR count). The molecule has 0 amide bonds. The van der Waals surface area contributed by atoms with Crippen LogP contribution in [0.4, 0.5) is 0 Å². The normalized spacial score (nSPS) is 13.5. The highest BCUT2D eigenvalue weighted by Crippen LogP contribution is 2.31. The zero-order valence-electron chi connectivity index (χ0n) is 10.2. The second-order valence-electron chi connectivity index (χ2n) is 4.24. The molecule has 92 valence electrons. The van der Waals surface area contributed by atoms with Crippen molar-refractivity contribution in [3.05, 3.63) is 23.8 Å². The van der Waals surface area contributed by atoms with Gasteiger partial charge in [-0.2, -0.15) is 0 Å². The van der Waals surface area contributed by atoms with E-state index in [1.807, 2.05) is 12.1 Å². The van der Waals surface area contributed by atoms with E-state index >= 15 is 0 Å². The van der Waals surface area contributed by atoms with E-state index in [9.17, 15) is 4.79 Å². The Balaban J connectivity index is 2.03. The summed E-state index contributed by atoms with van der Waals surface area (Å²) < 4.78 is 10.9. The minimum absolute atomic E-state index is 0.190.